The maximum Gasteiger partial charge on any atom is 0.392 e. The fourth-order valence-corrected chi connectivity index (χ4v) is 3.31. The molecule has 5 nitrogen and oxygen atoms in total. The summed E-state index contributed by atoms with van der Waals surface area (Å²) < 4.78 is 44.4. The molecule has 3 rings (SSSR count). The van der Waals surface area contributed by atoms with Gasteiger partial charge in [0.2, 0.25) is 5.91 Å². The van der Waals surface area contributed by atoms with Crippen LogP contribution < -0.4 is 10.6 Å². The van der Waals surface area contributed by atoms with E-state index in [2.05, 4.69) is 10.6 Å². The van der Waals surface area contributed by atoms with E-state index in [1.165, 1.54) is 24.5 Å². The fraction of sp³-hybridized carbons (Fsp3) is 0.368. The molecule has 1 heterocycles. The Balaban J connectivity index is 1.62. The van der Waals surface area contributed by atoms with Crippen LogP contribution in [0.2, 0.25) is 0 Å². The lowest BCUT2D eigenvalue weighted by atomic mass is 9.78. The number of carbonyl (C=O) groups is 2. The van der Waals surface area contributed by atoms with Gasteiger partial charge < -0.3 is 15.1 Å². The molecule has 27 heavy (non-hydrogen) atoms. The van der Waals surface area contributed by atoms with Crippen LogP contribution >= 0.6 is 0 Å². The van der Waals surface area contributed by atoms with Crippen LogP contribution in [-0.4, -0.2) is 18.0 Å². The molecule has 1 saturated carbocycles. The van der Waals surface area contributed by atoms with Crippen molar-refractivity contribution >= 4 is 23.2 Å². The average Bonchev–Trinajstić information content (AvgIpc) is 3.17. The molecule has 1 aromatic heterocycles. The minimum atomic E-state index is -4.37. The van der Waals surface area contributed by atoms with Crippen LogP contribution in [0.25, 0.3) is 0 Å². The van der Waals surface area contributed by atoms with Crippen LogP contribution in [0.5, 0.6) is 0 Å². The summed E-state index contributed by atoms with van der Waals surface area (Å²) >= 11 is 0. The van der Waals surface area contributed by atoms with Crippen molar-refractivity contribution in [3.63, 3.8) is 0 Å². The summed E-state index contributed by atoms with van der Waals surface area (Å²) in [6.07, 6.45) is -1.68. The van der Waals surface area contributed by atoms with Gasteiger partial charge in [-0.1, -0.05) is 12.8 Å². The highest BCUT2D eigenvalue weighted by atomic mass is 19.4. The third-order valence-electron chi connectivity index (χ3n) is 4.68. The zero-order valence-electron chi connectivity index (χ0n) is 14.4. The van der Waals surface area contributed by atoms with Gasteiger partial charge in [0.1, 0.15) is 0 Å². The molecule has 2 N–H and O–H groups in total. The number of amides is 2. The first-order valence-corrected chi connectivity index (χ1v) is 8.67. The van der Waals surface area contributed by atoms with Gasteiger partial charge in [0.05, 0.1) is 12.2 Å². The van der Waals surface area contributed by atoms with E-state index in [1.54, 1.807) is 18.2 Å². The number of carbonyl (C=O) groups excluding carboxylic acids is 2. The number of anilines is 2. The van der Waals surface area contributed by atoms with Gasteiger partial charge >= 0.3 is 6.18 Å². The molecule has 2 amide bonds. The number of alkyl halides is 3. The third-order valence-corrected chi connectivity index (χ3v) is 4.68. The molecule has 0 radical (unpaired) electrons. The van der Waals surface area contributed by atoms with E-state index < -0.39 is 29.8 Å². The summed E-state index contributed by atoms with van der Waals surface area (Å²) in [6, 6.07) is 9.28. The quantitative estimate of drug-likeness (QED) is 0.797. The highest BCUT2D eigenvalue weighted by Gasteiger charge is 2.48. The SMILES string of the molecule is O=C(Nc1ccc(NC(=O)C2CCCCC2C(F)(F)F)cc1)c1ccco1. The second kappa shape index (κ2) is 7.85. The summed E-state index contributed by atoms with van der Waals surface area (Å²) in [5, 5.41) is 5.17. The smallest absolute Gasteiger partial charge is 0.392 e. The van der Waals surface area contributed by atoms with Crippen LogP contribution in [0, 0.1) is 11.8 Å². The summed E-state index contributed by atoms with van der Waals surface area (Å²) in [7, 11) is 0. The van der Waals surface area contributed by atoms with Crippen molar-refractivity contribution in [2.45, 2.75) is 31.9 Å². The first-order chi connectivity index (χ1) is 12.8. The summed E-state index contributed by atoms with van der Waals surface area (Å²) in [5.41, 5.74) is 0.850. The monoisotopic (exact) mass is 380 g/mol. The van der Waals surface area contributed by atoms with Gasteiger partial charge in [-0.3, -0.25) is 9.59 Å². The van der Waals surface area contributed by atoms with Gasteiger partial charge in [0, 0.05) is 17.3 Å². The lowest BCUT2D eigenvalue weighted by Gasteiger charge is -2.32. The molecule has 1 aromatic carbocycles. The van der Waals surface area contributed by atoms with E-state index in [0.717, 1.165) is 0 Å². The molecular weight excluding hydrogens is 361 g/mol. The first kappa shape index (κ1) is 19.0. The zero-order chi connectivity index (χ0) is 19.4. The van der Waals surface area contributed by atoms with Gasteiger partial charge in [-0.2, -0.15) is 13.2 Å². The maximum atomic E-state index is 13.2. The zero-order valence-corrected chi connectivity index (χ0v) is 14.4. The number of hydrogen-bond donors (Lipinski definition) is 2. The predicted molar refractivity (Wildman–Crippen MR) is 93.2 cm³/mol. The summed E-state index contributed by atoms with van der Waals surface area (Å²) in [4.78, 5) is 24.2. The molecule has 2 atom stereocenters. The lowest BCUT2D eigenvalue weighted by Crippen LogP contribution is -2.39. The van der Waals surface area contributed by atoms with Crippen molar-refractivity contribution in [2.24, 2.45) is 11.8 Å². The molecule has 1 aliphatic carbocycles. The molecule has 0 spiro atoms. The van der Waals surface area contributed by atoms with Crippen LogP contribution in [0.15, 0.2) is 47.1 Å². The van der Waals surface area contributed by atoms with Gasteiger partial charge in [-0.05, 0) is 49.2 Å². The lowest BCUT2D eigenvalue weighted by molar-refractivity contribution is -0.197. The molecule has 2 unspecified atom stereocenters. The number of nitrogens with one attached hydrogen (secondary N) is 2. The minimum Gasteiger partial charge on any atom is -0.459 e. The van der Waals surface area contributed by atoms with E-state index in [0.29, 0.717) is 24.2 Å². The molecule has 0 bridgehead atoms. The van der Waals surface area contributed by atoms with Crippen molar-refractivity contribution in [1.29, 1.82) is 0 Å². The van der Waals surface area contributed by atoms with Crippen molar-refractivity contribution in [3.05, 3.63) is 48.4 Å². The minimum absolute atomic E-state index is 0.0145. The Morgan fingerprint density at radius 3 is 2.19 bits per heavy atom. The van der Waals surface area contributed by atoms with Crippen molar-refractivity contribution in [1.82, 2.24) is 0 Å². The Hall–Kier alpha value is -2.77. The summed E-state index contributed by atoms with van der Waals surface area (Å²) in [5.74, 6) is -3.56. The second-order valence-electron chi connectivity index (χ2n) is 6.54. The highest BCUT2D eigenvalue weighted by molar-refractivity contribution is 6.02. The van der Waals surface area contributed by atoms with E-state index in [4.69, 9.17) is 4.42 Å². The van der Waals surface area contributed by atoms with Crippen LogP contribution in [0.3, 0.4) is 0 Å². The van der Waals surface area contributed by atoms with Crippen LogP contribution in [0.4, 0.5) is 24.5 Å². The van der Waals surface area contributed by atoms with Crippen molar-refractivity contribution < 1.29 is 27.2 Å². The molecular formula is C19H19F3N2O3. The topological polar surface area (TPSA) is 71.3 Å². The number of rotatable bonds is 4. The summed E-state index contributed by atoms with van der Waals surface area (Å²) in [6.45, 7) is 0. The Labute approximate surface area is 153 Å². The highest BCUT2D eigenvalue weighted by Crippen LogP contribution is 2.41. The largest absolute Gasteiger partial charge is 0.459 e. The van der Waals surface area contributed by atoms with E-state index in [-0.39, 0.29) is 18.6 Å². The molecule has 0 saturated heterocycles. The molecule has 1 aliphatic rings. The van der Waals surface area contributed by atoms with Crippen molar-refractivity contribution in [2.75, 3.05) is 10.6 Å². The third kappa shape index (κ3) is 4.69. The first-order valence-electron chi connectivity index (χ1n) is 8.67. The average molecular weight is 380 g/mol. The van der Waals surface area contributed by atoms with Gasteiger partial charge in [-0.25, -0.2) is 0 Å². The van der Waals surface area contributed by atoms with Gasteiger partial charge in [0.25, 0.3) is 5.91 Å². The Morgan fingerprint density at radius 1 is 0.963 bits per heavy atom. The van der Waals surface area contributed by atoms with Crippen LogP contribution in [0.1, 0.15) is 36.2 Å². The molecule has 8 heteroatoms. The van der Waals surface area contributed by atoms with Crippen molar-refractivity contribution in [3.8, 4) is 0 Å². The normalized spacial score (nSPS) is 20.1. The molecule has 144 valence electrons. The number of hydrogen-bond acceptors (Lipinski definition) is 3. The van der Waals surface area contributed by atoms with Crippen LogP contribution in [-0.2, 0) is 4.79 Å². The molecule has 1 fully saturated rings. The van der Waals surface area contributed by atoms with E-state index in [1.807, 2.05) is 0 Å². The molecule has 0 aliphatic heterocycles. The van der Waals surface area contributed by atoms with E-state index >= 15 is 0 Å². The fourth-order valence-electron chi connectivity index (χ4n) is 3.31. The standard InChI is InChI=1S/C19H19F3N2O3/c20-19(21,22)15-5-2-1-4-14(15)17(25)23-12-7-9-13(10-8-12)24-18(26)16-6-3-11-27-16/h3,6-11,14-15H,1-2,4-5H2,(H,23,25)(H,24,26). The number of halogens is 3. The Bertz CT molecular complexity index is 786. The van der Waals surface area contributed by atoms with Gasteiger partial charge in [0.15, 0.2) is 5.76 Å². The number of benzene rings is 1. The van der Waals surface area contributed by atoms with Gasteiger partial charge in [-0.15, -0.1) is 0 Å². The molecule has 2 aromatic rings. The number of furan rings is 1. The Morgan fingerprint density at radius 2 is 1.59 bits per heavy atom. The second-order valence-corrected chi connectivity index (χ2v) is 6.54. The van der Waals surface area contributed by atoms with E-state index in [9.17, 15) is 22.8 Å². The predicted octanol–water partition coefficient (Wildman–Crippen LogP) is 4.84. The maximum absolute atomic E-state index is 13.2. The Kier molecular flexibility index (Phi) is 5.53.